The molecule has 3 nitrogen and oxygen atoms in total. The van der Waals surface area contributed by atoms with Gasteiger partial charge < -0.3 is 15.2 Å². The summed E-state index contributed by atoms with van der Waals surface area (Å²) < 4.78 is 32.1. The van der Waals surface area contributed by atoms with Crippen molar-refractivity contribution in [1.82, 2.24) is 0 Å². The third kappa shape index (κ3) is 4.00. The van der Waals surface area contributed by atoms with Gasteiger partial charge in [0, 0.05) is 19.3 Å². The van der Waals surface area contributed by atoms with Crippen molar-refractivity contribution in [2.24, 2.45) is 0 Å². The van der Waals surface area contributed by atoms with Crippen LogP contribution in [-0.4, -0.2) is 18.8 Å². The largest absolute Gasteiger partial charge is 0.386 e. The zero-order valence-electron chi connectivity index (χ0n) is 11.6. The number of rotatable bonds is 6. The highest BCUT2D eigenvalue weighted by Gasteiger charge is 2.17. The van der Waals surface area contributed by atoms with Gasteiger partial charge in [-0.2, -0.15) is 0 Å². The summed E-state index contributed by atoms with van der Waals surface area (Å²) >= 11 is 0. The predicted octanol–water partition coefficient (Wildman–Crippen LogP) is 3.26. The Labute approximate surface area is 122 Å². The van der Waals surface area contributed by atoms with E-state index in [9.17, 15) is 13.9 Å². The topological polar surface area (TPSA) is 41.5 Å². The SMILES string of the molecule is COCc1cccc(NCC(O)c2c(F)cccc2F)c1. The lowest BCUT2D eigenvalue weighted by Crippen LogP contribution is -2.15. The fraction of sp³-hybridized carbons (Fsp3) is 0.250. The second kappa shape index (κ2) is 7.15. The Morgan fingerprint density at radius 1 is 1.14 bits per heavy atom. The van der Waals surface area contributed by atoms with Crippen molar-refractivity contribution >= 4 is 5.69 Å². The maximum atomic E-state index is 13.5. The summed E-state index contributed by atoms with van der Waals surface area (Å²) in [5.41, 5.74) is 1.40. The minimum Gasteiger partial charge on any atom is -0.386 e. The Balaban J connectivity index is 2.04. The minimum atomic E-state index is -1.27. The van der Waals surface area contributed by atoms with Crippen molar-refractivity contribution in [3.05, 3.63) is 65.2 Å². The van der Waals surface area contributed by atoms with Gasteiger partial charge in [0.1, 0.15) is 17.7 Å². The smallest absolute Gasteiger partial charge is 0.132 e. The molecule has 0 fully saturated rings. The average Bonchev–Trinajstić information content (AvgIpc) is 2.46. The summed E-state index contributed by atoms with van der Waals surface area (Å²) in [5, 5.41) is 12.9. The molecule has 1 atom stereocenters. The van der Waals surface area contributed by atoms with Gasteiger partial charge in [0.15, 0.2) is 0 Å². The molecule has 1 unspecified atom stereocenters. The van der Waals surface area contributed by atoms with E-state index in [1.807, 2.05) is 24.3 Å². The number of hydrogen-bond acceptors (Lipinski definition) is 3. The monoisotopic (exact) mass is 293 g/mol. The maximum absolute atomic E-state index is 13.5. The highest BCUT2D eigenvalue weighted by Crippen LogP contribution is 2.21. The Morgan fingerprint density at radius 2 is 1.81 bits per heavy atom. The number of nitrogens with one attached hydrogen (secondary N) is 1. The molecule has 0 aliphatic rings. The standard InChI is InChI=1S/C16H17F2NO2/c1-21-10-11-4-2-5-12(8-11)19-9-15(20)16-13(17)6-3-7-14(16)18/h2-8,15,19-20H,9-10H2,1H3. The van der Waals surface area contributed by atoms with E-state index in [0.29, 0.717) is 6.61 Å². The van der Waals surface area contributed by atoms with Crippen molar-refractivity contribution in [2.75, 3.05) is 19.0 Å². The van der Waals surface area contributed by atoms with E-state index in [1.54, 1.807) is 7.11 Å². The molecule has 0 amide bonds. The summed E-state index contributed by atoms with van der Waals surface area (Å²) in [6.45, 7) is 0.480. The first kappa shape index (κ1) is 15.4. The van der Waals surface area contributed by atoms with Gasteiger partial charge in [-0.3, -0.25) is 0 Å². The summed E-state index contributed by atoms with van der Waals surface area (Å²) in [7, 11) is 1.60. The first-order valence-corrected chi connectivity index (χ1v) is 6.55. The van der Waals surface area contributed by atoms with Crippen LogP contribution in [0.25, 0.3) is 0 Å². The predicted molar refractivity (Wildman–Crippen MR) is 77.0 cm³/mol. The Hall–Kier alpha value is -1.98. The fourth-order valence-corrected chi connectivity index (χ4v) is 2.08. The van der Waals surface area contributed by atoms with Crippen LogP contribution < -0.4 is 5.32 Å². The second-order valence-electron chi connectivity index (χ2n) is 4.67. The molecule has 0 heterocycles. The first-order chi connectivity index (χ1) is 10.1. The summed E-state index contributed by atoms with van der Waals surface area (Å²) in [6.07, 6.45) is -1.27. The molecule has 112 valence electrons. The van der Waals surface area contributed by atoms with Crippen molar-refractivity contribution < 1.29 is 18.6 Å². The minimum absolute atomic E-state index is 0.00822. The van der Waals surface area contributed by atoms with Gasteiger partial charge in [-0.25, -0.2) is 8.78 Å². The number of ether oxygens (including phenoxy) is 1. The lowest BCUT2D eigenvalue weighted by molar-refractivity contribution is 0.181. The third-order valence-electron chi connectivity index (χ3n) is 3.07. The molecule has 0 saturated carbocycles. The zero-order chi connectivity index (χ0) is 15.2. The van der Waals surface area contributed by atoms with Crippen LogP contribution in [0.4, 0.5) is 14.5 Å². The first-order valence-electron chi connectivity index (χ1n) is 6.55. The van der Waals surface area contributed by atoms with Crippen LogP contribution in [0, 0.1) is 11.6 Å². The van der Waals surface area contributed by atoms with Crippen molar-refractivity contribution in [3.63, 3.8) is 0 Å². The molecule has 2 aromatic carbocycles. The van der Waals surface area contributed by atoms with Crippen LogP contribution in [-0.2, 0) is 11.3 Å². The molecular weight excluding hydrogens is 276 g/mol. The third-order valence-corrected chi connectivity index (χ3v) is 3.07. The number of methoxy groups -OCH3 is 1. The zero-order valence-corrected chi connectivity index (χ0v) is 11.6. The molecule has 0 aliphatic heterocycles. The Morgan fingerprint density at radius 3 is 2.48 bits per heavy atom. The van der Waals surface area contributed by atoms with E-state index in [0.717, 1.165) is 23.4 Å². The summed E-state index contributed by atoms with van der Waals surface area (Å²) in [5.74, 6) is -1.50. The van der Waals surface area contributed by atoms with E-state index in [-0.39, 0.29) is 12.1 Å². The highest BCUT2D eigenvalue weighted by molar-refractivity contribution is 5.46. The normalized spacial score (nSPS) is 12.2. The number of halogens is 2. The van der Waals surface area contributed by atoms with E-state index in [2.05, 4.69) is 5.32 Å². The van der Waals surface area contributed by atoms with Gasteiger partial charge in [0.25, 0.3) is 0 Å². The maximum Gasteiger partial charge on any atom is 0.132 e. The molecule has 5 heteroatoms. The quantitative estimate of drug-likeness (QED) is 0.859. The van der Waals surface area contributed by atoms with E-state index in [4.69, 9.17) is 4.74 Å². The molecule has 0 spiro atoms. The van der Waals surface area contributed by atoms with E-state index in [1.165, 1.54) is 6.07 Å². The molecule has 2 rings (SSSR count). The van der Waals surface area contributed by atoms with Crippen molar-refractivity contribution in [3.8, 4) is 0 Å². The van der Waals surface area contributed by atoms with Gasteiger partial charge in [-0.1, -0.05) is 18.2 Å². The van der Waals surface area contributed by atoms with E-state index >= 15 is 0 Å². The molecule has 0 aliphatic carbocycles. The number of benzene rings is 2. The van der Waals surface area contributed by atoms with Gasteiger partial charge >= 0.3 is 0 Å². The van der Waals surface area contributed by atoms with Crippen LogP contribution in [0.15, 0.2) is 42.5 Å². The fourth-order valence-electron chi connectivity index (χ4n) is 2.08. The molecule has 0 saturated heterocycles. The molecular formula is C16H17F2NO2. The molecule has 21 heavy (non-hydrogen) atoms. The lowest BCUT2D eigenvalue weighted by Gasteiger charge is -2.15. The lowest BCUT2D eigenvalue weighted by atomic mass is 10.1. The van der Waals surface area contributed by atoms with Gasteiger partial charge in [-0.05, 0) is 29.8 Å². The van der Waals surface area contributed by atoms with Crippen LogP contribution in [0.1, 0.15) is 17.2 Å². The van der Waals surface area contributed by atoms with E-state index < -0.39 is 17.7 Å². The Bertz CT molecular complexity index is 584. The molecule has 0 aromatic heterocycles. The average molecular weight is 293 g/mol. The number of aliphatic hydroxyl groups is 1. The summed E-state index contributed by atoms with van der Waals surface area (Å²) in [4.78, 5) is 0. The highest BCUT2D eigenvalue weighted by atomic mass is 19.1. The number of aliphatic hydroxyl groups excluding tert-OH is 1. The van der Waals surface area contributed by atoms with Crippen LogP contribution in [0.5, 0.6) is 0 Å². The van der Waals surface area contributed by atoms with Crippen LogP contribution in [0.3, 0.4) is 0 Å². The molecule has 2 N–H and O–H groups in total. The van der Waals surface area contributed by atoms with Gasteiger partial charge in [-0.15, -0.1) is 0 Å². The van der Waals surface area contributed by atoms with Crippen LogP contribution >= 0.6 is 0 Å². The molecule has 2 aromatic rings. The number of hydrogen-bond donors (Lipinski definition) is 2. The van der Waals surface area contributed by atoms with Gasteiger partial charge in [0.05, 0.1) is 12.2 Å². The molecule has 0 bridgehead atoms. The van der Waals surface area contributed by atoms with Crippen molar-refractivity contribution in [1.29, 1.82) is 0 Å². The van der Waals surface area contributed by atoms with Gasteiger partial charge in [0.2, 0.25) is 0 Å². The summed E-state index contributed by atoms with van der Waals surface area (Å²) in [6, 6.07) is 10.9. The van der Waals surface area contributed by atoms with Crippen molar-refractivity contribution in [2.45, 2.75) is 12.7 Å². The molecule has 0 radical (unpaired) electrons. The Kier molecular flexibility index (Phi) is 5.25. The number of anilines is 1. The second-order valence-corrected chi connectivity index (χ2v) is 4.67. The van der Waals surface area contributed by atoms with Crippen LogP contribution in [0.2, 0.25) is 0 Å².